The first-order chi connectivity index (χ1) is 12.0. The van der Waals surface area contributed by atoms with E-state index in [1.807, 2.05) is 13.2 Å². The van der Waals surface area contributed by atoms with Crippen LogP contribution < -0.4 is 0 Å². The van der Waals surface area contributed by atoms with E-state index in [2.05, 4.69) is 33.8 Å². The molecule has 0 radical (unpaired) electrons. The Hall–Kier alpha value is -0.350. The van der Waals surface area contributed by atoms with E-state index in [9.17, 15) is 4.79 Å². The number of thioether (sulfide) groups is 1. The van der Waals surface area contributed by atoms with E-state index in [0.717, 1.165) is 30.8 Å². The van der Waals surface area contributed by atoms with Gasteiger partial charge in [0.05, 0.1) is 0 Å². The quantitative estimate of drug-likeness (QED) is 0.531. The van der Waals surface area contributed by atoms with Gasteiger partial charge in [0.1, 0.15) is 6.10 Å². The van der Waals surface area contributed by atoms with Crippen molar-refractivity contribution in [2.45, 2.75) is 79.2 Å². The predicted octanol–water partition coefficient (Wildman–Crippen LogP) is 6.19. The molecule has 2 bridgehead atoms. The first-order valence-corrected chi connectivity index (χ1v) is 11.6. The lowest BCUT2D eigenvalue weighted by Crippen LogP contribution is -2.63. The van der Waals surface area contributed by atoms with E-state index < -0.39 is 0 Å². The molecule has 0 aromatic rings. The average Bonchev–Trinajstić information content (AvgIpc) is 2.56. The lowest BCUT2D eigenvalue weighted by Gasteiger charge is -2.67. The van der Waals surface area contributed by atoms with Crippen LogP contribution in [0.4, 0.5) is 0 Å². The summed E-state index contributed by atoms with van der Waals surface area (Å²) in [4.78, 5) is 11.9. The van der Waals surface area contributed by atoms with Gasteiger partial charge < -0.3 is 4.74 Å². The van der Waals surface area contributed by atoms with Crippen LogP contribution in [0.3, 0.4) is 0 Å². The highest BCUT2D eigenvalue weighted by Crippen LogP contribution is 2.68. The summed E-state index contributed by atoms with van der Waals surface area (Å²) < 4.78 is 6.90. The third-order valence-corrected chi connectivity index (χ3v) is 8.94. The molecular weight excluding hydrogens is 360 g/mol. The van der Waals surface area contributed by atoms with Gasteiger partial charge in [-0.3, -0.25) is 4.79 Å². The number of carbonyl (C=O) groups excluding carboxylic acids is 1. The molecule has 3 fully saturated rings. The number of fused-ring (bicyclic) bond motifs is 2. The van der Waals surface area contributed by atoms with Crippen LogP contribution in [-0.4, -0.2) is 22.5 Å². The Morgan fingerprint density at radius 3 is 2.58 bits per heavy atom. The highest BCUT2D eigenvalue weighted by Gasteiger charge is 2.63. The van der Waals surface area contributed by atoms with Crippen molar-refractivity contribution in [3.8, 4) is 0 Å². The van der Waals surface area contributed by atoms with Crippen LogP contribution in [0.5, 0.6) is 0 Å². The fourth-order valence-corrected chi connectivity index (χ4v) is 6.47. The number of ether oxygens (including phenoxy) is 1. The maximum absolute atomic E-state index is 11.9. The second kappa shape index (κ2) is 6.92. The zero-order valence-electron chi connectivity index (χ0n) is 17.2. The zero-order valence-corrected chi connectivity index (χ0v) is 18.8. The summed E-state index contributed by atoms with van der Waals surface area (Å²) in [5, 5.41) is 0. The molecule has 146 valence electrons. The zero-order chi connectivity index (χ0) is 19.3. The summed E-state index contributed by atoms with van der Waals surface area (Å²) in [5.74, 6) is 1.73. The Balaban J connectivity index is 1.74. The fourth-order valence-electron chi connectivity index (χ4n) is 6.13. The van der Waals surface area contributed by atoms with Gasteiger partial charge in [-0.1, -0.05) is 45.5 Å². The van der Waals surface area contributed by atoms with Crippen molar-refractivity contribution in [2.24, 2.45) is 28.1 Å². The highest BCUT2D eigenvalue weighted by molar-refractivity contribution is 8.22. The van der Waals surface area contributed by atoms with Gasteiger partial charge in [0.2, 0.25) is 4.38 Å². The Bertz CT molecular complexity index is 638. The Morgan fingerprint density at radius 1 is 1.31 bits per heavy atom. The van der Waals surface area contributed by atoms with Crippen LogP contribution in [0.2, 0.25) is 0 Å². The molecule has 4 heteroatoms. The minimum absolute atomic E-state index is 0.163. The van der Waals surface area contributed by atoms with Gasteiger partial charge in [-0.25, -0.2) is 0 Å². The normalized spacial score (nSPS) is 41.2. The third kappa shape index (κ3) is 3.53. The van der Waals surface area contributed by atoms with Crippen molar-refractivity contribution in [1.82, 2.24) is 0 Å². The SMILES string of the molecule is CSC(=S)O[C@H]1C[C@](C)(CC[C@]2(C)C=C(C)C(=O)CC2)[C@@H]2C[C@H]1C2(C)C. The molecule has 4 aliphatic carbocycles. The predicted molar refractivity (Wildman–Crippen MR) is 114 cm³/mol. The minimum Gasteiger partial charge on any atom is -0.475 e. The number of hydrogen-bond donors (Lipinski definition) is 0. The van der Waals surface area contributed by atoms with E-state index in [1.165, 1.54) is 12.8 Å². The molecule has 2 nitrogen and oxygen atoms in total. The van der Waals surface area contributed by atoms with Gasteiger partial charge in [0, 0.05) is 12.3 Å². The molecule has 0 heterocycles. The Morgan fingerprint density at radius 2 is 2.00 bits per heavy atom. The number of ketones is 1. The largest absolute Gasteiger partial charge is 0.475 e. The van der Waals surface area contributed by atoms with Crippen molar-refractivity contribution in [3.05, 3.63) is 11.6 Å². The molecular formula is C22H34O2S2. The van der Waals surface area contributed by atoms with Crippen LogP contribution in [0.25, 0.3) is 0 Å². The van der Waals surface area contributed by atoms with E-state index in [4.69, 9.17) is 17.0 Å². The van der Waals surface area contributed by atoms with E-state index in [1.54, 1.807) is 11.8 Å². The van der Waals surface area contributed by atoms with Gasteiger partial charge in [-0.2, -0.15) is 0 Å². The fraction of sp³-hybridized carbons (Fsp3) is 0.818. The molecule has 4 aliphatic rings. The molecule has 0 amide bonds. The van der Waals surface area contributed by atoms with Crippen molar-refractivity contribution >= 4 is 34.1 Å². The lowest BCUT2D eigenvalue weighted by atomic mass is 9.39. The summed E-state index contributed by atoms with van der Waals surface area (Å²) in [6.07, 6.45) is 11.0. The second-order valence-electron chi connectivity index (χ2n) is 10.1. The number of hydrogen-bond acceptors (Lipinski definition) is 4. The molecule has 4 rings (SSSR count). The van der Waals surface area contributed by atoms with Crippen LogP contribution in [0.15, 0.2) is 11.6 Å². The molecule has 0 saturated heterocycles. The summed E-state index contributed by atoms with van der Waals surface area (Å²) in [6, 6.07) is 0. The highest BCUT2D eigenvalue weighted by atomic mass is 32.2. The first kappa shape index (κ1) is 20.4. The molecule has 26 heavy (non-hydrogen) atoms. The van der Waals surface area contributed by atoms with Gasteiger partial charge in [-0.15, -0.1) is 0 Å². The molecule has 0 unspecified atom stereocenters. The standard InChI is InChI=1S/C22H34O2S2/c1-14-12-21(4,8-7-16(14)23)9-10-22(5)13-17(24-19(25)26-6)15-11-18(22)20(15,2)3/h12,15,17-18H,7-11,13H2,1-6H3/t15-,17+,18-,21-,22+/m1/s1. The minimum atomic E-state index is 0.163. The monoisotopic (exact) mass is 394 g/mol. The van der Waals surface area contributed by atoms with E-state index in [0.29, 0.717) is 33.3 Å². The molecule has 5 atom stereocenters. The van der Waals surface area contributed by atoms with Crippen LogP contribution in [0.1, 0.15) is 73.1 Å². The first-order valence-electron chi connectivity index (χ1n) is 9.98. The molecule has 0 spiro atoms. The lowest BCUT2D eigenvalue weighted by molar-refractivity contribution is -0.205. The molecule has 3 saturated carbocycles. The maximum atomic E-state index is 11.9. The summed E-state index contributed by atoms with van der Waals surface area (Å²) in [6.45, 7) is 11.6. The van der Waals surface area contributed by atoms with Crippen molar-refractivity contribution < 1.29 is 9.53 Å². The summed E-state index contributed by atoms with van der Waals surface area (Å²) in [7, 11) is 0. The molecule has 0 aromatic carbocycles. The molecule has 0 aliphatic heterocycles. The summed E-state index contributed by atoms with van der Waals surface area (Å²) in [5.41, 5.74) is 1.75. The van der Waals surface area contributed by atoms with Crippen molar-refractivity contribution in [3.63, 3.8) is 0 Å². The van der Waals surface area contributed by atoms with Crippen LogP contribution in [-0.2, 0) is 9.53 Å². The Labute approximate surface area is 168 Å². The van der Waals surface area contributed by atoms with Crippen LogP contribution in [0, 0.1) is 28.1 Å². The number of carbonyl (C=O) groups is 1. The van der Waals surface area contributed by atoms with Gasteiger partial charge in [-0.05, 0) is 85.2 Å². The Kier molecular flexibility index (Phi) is 5.42. The van der Waals surface area contributed by atoms with E-state index in [-0.39, 0.29) is 11.5 Å². The van der Waals surface area contributed by atoms with Crippen LogP contribution >= 0.6 is 24.0 Å². The van der Waals surface area contributed by atoms with Gasteiger partial charge >= 0.3 is 0 Å². The number of rotatable bonds is 4. The molecule has 0 N–H and O–H groups in total. The number of thiocarbonyl (C=S) groups is 1. The van der Waals surface area contributed by atoms with Gasteiger partial charge in [0.25, 0.3) is 0 Å². The van der Waals surface area contributed by atoms with E-state index >= 15 is 0 Å². The average molecular weight is 395 g/mol. The van der Waals surface area contributed by atoms with Crippen molar-refractivity contribution in [1.29, 1.82) is 0 Å². The second-order valence-corrected chi connectivity index (χ2v) is 11.5. The maximum Gasteiger partial charge on any atom is 0.219 e. The van der Waals surface area contributed by atoms with Crippen molar-refractivity contribution in [2.75, 3.05) is 6.26 Å². The third-order valence-electron chi connectivity index (χ3n) is 7.91. The van der Waals surface area contributed by atoms with Gasteiger partial charge in [0.15, 0.2) is 5.78 Å². The number of Topliss-reactive ketones (excluding diaryl/α,β-unsaturated/α-hetero) is 1. The number of allylic oxidation sites excluding steroid dienone is 2. The smallest absolute Gasteiger partial charge is 0.219 e. The molecule has 0 aromatic heterocycles. The topological polar surface area (TPSA) is 26.3 Å². The summed E-state index contributed by atoms with van der Waals surface area (Å²) >= 11 is 6.91.